The van der Waals surface area contributed by atoms with Crippen LogP contribution in [0.1, 0.15) is 18.4 Å². The molecule has 0 heterocycles. The molecule has 1 nitrogen and oxygen atoms in total. The van der Waals surface area contributed by atoms with Gasteiger partial charge in [-0.1, -0.05) is 18.2 Å². The maximum atomic E-state index is 8.61. The van der Waals surface area contributed by atoms with Gasteiger partial charge in [-0.25, -0.2) is 0 Å². The molecule has 0 unspecified atom stereocenters. The molecule has 0 fully saturated rings. The van der Waals surface area contributed by atoms with E-state index in [2.05, 4.69) is 46.9 Å². The van der Waals surface area contributed by atoms with Crippen molar-refractivity contribution in [1.29, 1.82) is 0 Å². The van der Waals surface area contributed by atoms with Crippen LogP contribution in [0.25, 0.3) is 0 Å². The summed E-state index contributed by atoms with van der Waals surface area (Å²) in [5.41, 5.74) is 1.39. The molecule has 1 aromatic carbocycles. The SMILES string of the molecule is OCCCCc1ccccc1I. The molecule has 1 N–H and O–H groups in total. The highest BCUT2D eigenvalue weighted by Gasteiger charge is 1.96. The van der Waals surface area contributed by atoms with Crippen molar-refractivity contribution in [1.82, 2.24) is 0 Å². The van der Waals surface area contributed by atoms with Crippen molar-refractivity contribution in [2.24, 2.45) is 0 Å². The predicted octanol–water partition coefficient (Wildman–Crippen LogP) is 2.61. The molecule has 0 bridgehead atoms. The van der Waals surface area contributed by atoms with Crippen LogP contribution in [0.5, 0.6) is 0 Å². The van der Waals surface area contributed by atoms with E-state index < -0.39 is 0 Å². The number of aliphatic hydroxyl groups is 1. The third-order valence-electron chi connectivity index (χ3n) is 1.81. The summed E-state index contributed by atoms with van der Waals surface area (Å²) < 4.78 is 1.33. The number of hydrogen-bond donors (Lipinski definition) is 1. The molecule has 0 radical (unpaired) electrons. The van der Waals surface area contributed by atoms with Gasteiger partial charge in [-0.3, -0.25) is 0 Å². The number of aryl methyl sites for hydroxylation is 1. The number of benzene rings is 1. The van der Waals surface area contributed by atoms with Crippen molar-refractivity contribution < 1.29 is 5.11 Å². The summed E-state index contributed by atoms with van der Waals surface area (Å²) in [7, 11) is 0. The average molecular weight is 276 g/mol. The summed E-state index contributed by atoms with van der Waals surface area (Å²) in [5, 5.41) is 8.61. The molecule has 2 heteroatoms. The number of unbranched alkanes of at least 4 members (excludes halogenated alkanes) is 1. The van der Waals surface area contributed by atoms with Crippen molar-refractivity contribution in [3.63, 3.8) is 0 Å². The van der Waals surface area contributed by atoms with E-state index in [0.29, 0.717) is 6.61 Å². The van der Waals surface area contributed by atoms with Gasteiger partial charge in [-0.15, -0.1) is 0 Å². The Labute approximate surface area is 86.9 Å². The van der Waals surface area contributed by atoms with Gasteiger partial charge < -0.3 is 5.11 Å². The fourth-order valence-corrected chi connectivity index (χ4v) is 1.79. The molecule has 0 aliphatic carbocycles. The van der Waals surface area contributed by atoms with Crippen molar-refractivity contribution >= 4 is 22.6 Å². The van der Waals surface area contributed by atoms with E-state index in [1.165, 1.54) is 9.13 Å². The van der Waals surface area contributed by atoms with Crippen molar-refractivity contribution in [2.75, 3.05) is 6.61 Å². The first-order valence-electron chi connectivity index (χ1n) is 4.19. The second-order valence-corrected chi connectivity index (χ2v) is 3.93. The zero-order valence-electron chi connectivity index (χ0n) is 6.96. The fourth-order valence-electron chi connectivity index (χ4n) is 1.13. The normalized spacial score (nSPS) is 10.2. The minimum absolute atomic E-state index is 0.309. The standard InChI is InChI=1S/C10H13IO/c11-10-7-2-1-5-9(10)6-3-4-8-12/h1-2,5,7,12H,3-4,6,8H2. The Morgan fingerprint density at radius 3 is 2.58 bits per heavy atom. The second-order valence-electron chi connectivity index (χ2n) is 2.77. The van der Waals surface area contributed by atoms with Crippen LogP contribution in [0.4, 0.5) is 0 Å². The van der Waals surface area contributed by atoms with Gasteiger partial charge in [0.15, 0.2) is 0 Å². The molecule has 0 saturated carbocycles. The first-order valence-corrected chi connectivity index (χ1v) is 5.26. The van der Waals surface area contributed by atoms with Gasteiger partial charge in [0.25, 0.3) is 0 Å². The average Bonchev–Trinajstić information content (AvgIpc) is 2.09. The number of rotatable bonds is 4. The summed E-state index contributed by atoms with van der Waals surface area (Å²) in [6, 6.07) is 8.39. The molecule has 66 valence electrons. The first-order chi connectivity index (χ1) is 5.84. The molecule has 0 atom stereocenters. The summed E-state index contributed by atoms with van der Waals surface area (Å²) >= 11 is 2.35. The lowest BCUT2D eigenvalue weighted by Crippen LogP contribution is -1.90. The van der Waals surface area contributed by atoms with Crippen LogP contribution in [-0.4, -0.2) is 11.7 Å². The van der Waals surface area contributed by atoms with Crippen LogP contribution >= 0.6 is 22.6 Å². The molecule has 0 amide bonds. The Hall–Kier alpha value is -0.0900. The molecule has 0 aliphatic heterocycles. The molecule has 0 aliphatic rings. The van der Waals surface area contributed by atoms with E-state index in [1.54, 1.807) is 0 Å². The van der Waals surface area contributed by atoms with Crippen molar-refractivity contribution in [3.05, 3.63) is 33.4 Å². The van der Waals surface area contributed by atoms with Crippen LogP contribution in [0.2, 0.25) is 0 Å². The summed E-state index contributed by atoms with van der Waals surface area (Å²) in [5.74, 6) is 0. The van der Waals surface area contributed by atoms with Crippen molar-refractivity contribution in [3.8, 4) is 0 Å². The van der Waals surface area contributed by atoms with Crippen LogP contribution in [0.15, 0.2) is 24.3 Å². The summed E-state index contributed by atoms with van der Waals surface area (Å²) in [4.78, 5) is 0. The molecular formula is C10H13IO. The highest BCUT2D eigenvalue weighted by molar-refractivity contribution is 14.1. The smallest absolute Gasteiger partial charge is 0.0431 e. The Bertz CT molecular complexity index is 235. The number of aliphatic hydroxyl groups excluding tert-OH is 1. The largest absolute Gasteiger partial charge is 0.396 e. The van der Waals surface area contributed by atoms with Gasteiger partial charge in [0.1, 0.15) is 0 Å². The third kappa shape index (κ3) is 3.11. The minimum Gasteiger partial charge on any atom is -0.396 e. The number of halogens is 1. The van der Waals surface area contributed by atoms with Crippen LogP contribution in [0, 0.1) is 3.57 Å². The van der Waals surface area contributed by atoms with E-state index >= 15 is 0 Å². The maximum absolute atomic E-state index is 8.61. The minimum atomic E-state index is 0.309. The highest BCUT2D eigenvalue weighted by Crippen LogP contribution is 2.13. The number of hydrogen-bond acceptors (Lipinski definition) is 1. The van der Waals surface area contributed by atoms with Gasteiger partial charge in [0, 0.05) is 10.2 Å². The molecule has 12 heavy (non-hydrogen) atoms. The van der Waals surface area contributed by atoms with E-state index in [0.717, 1.165) is 19.3 Å². The van der Waals surface area contributed by atoms with Crippen LogP contribution < -0.4 is 0 Å². The molecule has 0 spiro atoms. The van der Waals surface area contributed by atoms with E-state index in [4.69, 9.17) is 5.11 Å². The van der Waals surface area contributed by atoms with Crippen LogP contribution in [-0.2, 0) is 6.42 Å². The Balaban J connectivity index is 2.46. The lowest BCUT2D eigenvalue weighted by molar-refractivity contribution is 0.284. The van der Waals surface area contributed by atoms with E-state index in [9.17, 15) is 0 Å². The topological polar surface area (TPSA) is 20.2 Å². The molecule has 0 saturated heterocycles. The Morgan fingerprint density at radius 1 is 1.17 bits per heavy atom. The lowest BCUT2D eigenvalue weighted by Gasteiger charge is -2.02. The molecule has 1 aromatic rings. The first kappa shape index (κ1) is 9.99. The lowest BCUT2D eigenvalue weighted by atomic mass is 10.1. The zero-order valence-corrected chi connectivity index (χ0v) is 9.12. The summed E-state index contributed by atoms with van der Waals surface area (Å²) in [6.45, 7) is 0.309. The van der Waals surface area contributed by atoms with Gasteiger partial charge in [0.05, 0.1) is 0 Å². The second kappa shape index (κ2) is 5.54. The molecular weight excluding hydrogens is 263 g/mol. The predicted molar refractivity (Wildman–Crippen MR) is 59.2 cm³/mol. The Morgan fingerprint density at radius 2 is 1.92 bits per heavy atom. The monoisotopic (exact) mass is 276 g/mol. The van der Waals surface area contributed by atoms with Gasteiger partial charge in [-0.05, 0) is 53.5 Å². The Kier molecular flexibility index (Phi) is 4.61. The maximum Gasteiger partial charge on any atom is 0.0431 e. The van der Waals surface area contributed by atoms with Gasteiger partial charge in [0.2, 0.25) is 0 Å². The quantitative estimate of drug-likeness (QED) is 0.662. The molecule has 1 rings (SSSR count). The third-order valence-corrected chi connectivity index (χ3v) is 2.86. The molecule has 0 aromatic heterocycles. The van der Waals surface area contributed by atoms with Gasteiger partial charge >= 0.3 is 0 Å². The highest BCUT2D eigenvalue weighted by atomic mass is 127. The van der Waals surface area contributed by atoms with Gasteiger partial charge in [-0.2, -0.15) is 0 Å². The van der Waals surface area contributed by atoms with E-state index in [-0.39, 0.29) is 0 Å². The fraction of sp³-hybridized carbons (Fsp3) is 0.400. The summed E-state index contributed by atoms with van der Waals surface area (Å²) in [6.07, 6.45) is 3.07. The zero-order chi connectivity index (χ0) is 8.81. The van der Waals surface area contributed by atoms with Crippen molar-refractivity contribution in [2.45, 2.75) is 19.3 Å². The van der Waals surface area contributed by atoms with Crippen LogP contribution in [0.3, 0.4) is 0 Å². The van der Waals surface area contributed by atoms with E-state index in [1.807, 2.05) is 0 Å².